The van der Waals surface area contributed by atoms with Crippen molar-refractivity contribution in [3.8, 4) is 0 Å². The smallest absolute Gasteiger partial charge is 0.0687 e. The zero-order valence-corrected chi connectivity index (χ0v) is 6.27. The van der Waals surface area contributed by atoms with E-state index in [4.69, 9.17) is 0 Å². The lowest BCUT2D eigenvalue weighted by Gasteiger charge is -2.28. The highest BCUT2D eigenvalue weighted by molar-refractivity contribution is 5.11. The summed E-state index contributed by atoms with van der Waals surface area (Å²) < 4.78 is 0. The summed E-state index contributed by atoms with van der Waals surface area (Å²) in [5, 5.41) is 9.83. The van der Waals surface area contributed by atoms with Crippen LogP contribution in [0.15, 0.2) is 12.2 Å². The summed E-state index contributed by atoms with van der Waals surface area (Å²) in [7, 11) is 0. The van der Waals surface area contributed by atoms with Gasteiger partial charge in [-0.3, -0.25) is 0 Å². The first-order valence-electron chi connectivity index (χ1n) is 4.07. The standard InChI is InChI=1S/C9H14O/c1-7-4-8-2-3-9(10,5-7)6-8/h8,10H,1-6H2. The third-order valence-corrected chi connectivity index (χ3v) is 2.84. The Bertz CT molecular complexity index is 174. The molecule has 0 spiro atoms. The first-order valence-corrected chi connectivity index (χ1v) is 4.07. The molecule has 0 heterocycles. The first kappa shape index (κ1) is 6.41. The molecule has 0 saturated heterocycles. The average molecular weight is 138 g/mol. The lowest BCUT2D eigenvalue weighted by atomic mass is 9.83. The maximum absolute atomic E-state index is 9.83. The van der Waals surface area contributed by atoms with E-state index >= 15 is 0 Å². The van der Waals surface area contributed by atoms with Crippen LogP contribution in [0, 0.1) is 5.92 Å². The van der Waals surface area contributed by atoms with E-state index in [0.717, 1.165) is 25.2 Å². The van der Waals surface area contributed by atoms with Crippen LogP contribution in [0.25, 0.3) is 0 Å². The van der Waals surface area contributed by atoms with Crippen molar-refractivity contribution in [2.45, 2.75) is 37.7 Å². The molecule has 0 aliphatic heterocycles. The summed E-state index contributed by atoms with van der Waals surface area (Å²) in [6.45, 7) is 3.94. The summed E-state index contributed by atoms with van der Waals surface area (Å²) in [6.07, 6.45) is 5.30. The number of hydrogen-bond donors (Lipinski definition) is 1. The molecule has 0 radical (unpaired) electrons. The Morgan fingerprint density at radius 2 is 2.40 bits per heavy atom. The SMILES string of the molecule is C=C1CC2CCC(O)(C1)C2. The van der Waals surface area contributed by atoms with Gasteiger partial charge in [-0.2, -0.15) is 0 Å². The fraction of sp³-hybridized carbons (Fsp3) is 0.778. The molecule has 0 aromatic heterocycles. The van der Waals surface area contributed by atoms with E-state index in [1.807, 2.05) is 0 Å². The van der Waals surface area contributed by atoms with Crippen molar-refractivity contribution in [1.82, 2.24) is 0 Å². The van der Waals surface area contributed by atoms with Crippen molar-refractivity contribution in [1.29, 1.82) is 0 Å². The average Bonchev–Trinajstić information content (AvgIpc) is 2.06. The third-order valence-electron chi connectivity index (χ3n) is 2.84. The summed E-state index contributed by atoms with van der Waals surface area (Å²) in [5.41, 5.74) is 0.927. The van der Waals surface area contributed by atoms with Gasteiger partial charge in [0.05, 0.1) is 5.60 Å². The zero-order valence-electron chi connectivity index (χ0n) is 6.27. The molecule has 1 N–H and O–H groups in total. The molecule has 2 rings (SSSR count). The first-order chi connectivity index (χ1) is 4.68. The fourth-order valence-electron chi connectivity index (χ4n) is 2.49. The van der Waals surface area contributed by atoms with Crippen LogP contribution in [-0.4, -0.2) is 10.7 Å². The molecule has 2 bridgehead atoms. The highest BCUT2D eigenvalue weighted by Crippen LogP contribution is 2.46. The predicted octanol–water partition coefficient (Wildman–Crippen LogP) is 1.87. The Labute approximate surface area is 61.8 Å². The lowest BCUT2D eigenvalue weighted by molar-refractivity contribution is 0.0351. The minimum absolute atomic E-state index is 0.333. The van der Waals surface area contributed by atoms with Gasteiger partial charge in [0, 0.05) is 0 Å². The molecule has 0 amide bonds. The van der Waals surface area contributed by atoms with Crippen LogP contribution >= 0.6 is 0 Å². The zero-order chi connectivity index (χ0) is 7.19. The van der Waals surface area contributed by atoms with Crippen LogP contribution in [0.5, 0.6) is 0 Å². The van der Waals surface area contributed by atoms with Crippen molar-refractivity contribution in [3.63, 3.8) is 0 Å². The van der Waals surface area contributed by atoms with Gasteiger partial charge >= 0.3 is 0 Å². The minimum Gasteiger partial charge on any atom is -0.390 e. The van der Waals surface area contributed by atoms with Crippen LogP contribution in [0.2, 0.25) is 0 Å². The molecule has 1 nitrogen and oxygen atoms in total. The minimum atomic E-state index is -0.333. The van der Waals surface area contributed by atoms with Crippen molar-refractivity contribution in [2.24, 2.45) is 5.92 Å². The van der Waals surface area contributed by atoms with Crippen LogP contribution in [0.1, 0.15) is 32.1 Å². The van der Waals surface area contributed by atoms with Crippen molar-refractivity contribution in [3.05, 3.63) is 12.2 Å². The van der Waals surface area contributed by atoms with Crippen LogP contribution in [0.3, 0.4) is 0 Å². The maximum atomic E-state index is 9.83. The Hall–Kier alpha value is -0.300. The van der Waals surface area contributed by atoms with E-state index in [2.05, 4.69) is 6.58 Å². The largest absolute Gasteiger partial charge is 0.390 e. The number of fused-ring (bicyclic) bond motifs is 2. The van der Waals surface area contributed by atoms with Crippen molar-refractivity contribution in [2.75, 3.05) is 0 Å². The molecule has 10 heavy (non-hydrogen) atoms. The Morgan fingerprint density at radius 3 is 3.10 bits per heavy atom. The molecule has 0 aromatic carbocycles. The fourth-order valence-corrected chi connectivity index (χ4v) is 2.49. The molecule has 0 aromatic rings. The second-order valence-electron chi connectivity index (χ2n) is 3.96. The predicted molar refractivity (Wildman–Crippen MR) is 40.7 cm³/mol. The maximum Gasteiger partial charge on any atom is 0.0687 e. The van der Waals surface area contributed by atoms with Gasteiger partial charge in [-0.1, -0.05) is 12.2 Å². The van der Waals surface area contributed by atoms with Gasteiger partial charge in [0.15, 0.2) is 0 Å². The molecule has 2 fully saturated rings. The second-order valence-corrected chi connectivity index (χ2v) is 3.96. The number of rotatable bonds is 0. The van der Waals surface area contributed by atoms with Gasteiger partial charge in [0.2, 0.25) is 0 Å². The Balaban J connectivity index is 2.20. The Morgan fingerprint density at radius 1 is 1.60 bits per heavy atom. The molecular formula is C9H14O. The van der Waals surface area contributed by atoms with E-state index in [1.165, 1.54) is 18.4 Å². The number of hydrogen-bond acceptors (Lipinski definition) is 1. The molecule has 56 valence electrons. The van der Waals surface area contributed by atoms with Gasteiger partial charge in [0.1, 0.15) is 0 Å². The van der Waals surface area contributed by atoms with Crippen molar-refractivity contribution >= 4 is 0 Å². The summed E-state index contributed by atoms with van der Waals surface area (Å²) in [5.74, 6) is 0.756. The molecule has 2 aliphatic rings. The summed E-state index contributed by atoms with van der Waals surface area (Å²) >= 11 is 0. The van der Waals surface area contributed by atoms with Gasteiger partial charge < -0.3 is 5.11 Å². The summed E-state index contributed by atoms with van der Waals surface area (Å²) in [6, 6.07) is 0. The second kappa shape index (κ2) is 1.85. The van der Waals surface area contributed by atoms with Gasteiger partial charge in [-0.05, 0) is 38.0 Å². The number of aliphatic hydroxyl groups is 1. The van der Waals surface area contributed by atoms with E-state index < -0.39 is 0 Å². The lowest BCUT2D eigenvalue weighted by Crippen LogP contribution is -2.28. The van der Waals surface area contributed by atoms with Crippen LogP contribution in [0.4, 0.5) is 0 Å². The molecule has 2 aliphatic carbocycles. The van der Waals surface area contributed by atoms with Gasteiger partial charge in [-0.15, -0.1) is 0 Å². The van der Waals surface area contributed by atoms with E-state index in [0.29, 0.717) is 0 Å². The van der Waals surface area contributed by atoms with E-state index in [9.17, 15) is 5.11 Å². The van der Waals surface area contributed by atoms with Gasteiger partial charge in [0.25, 0.3) is 0 Å². The quantitative estimate of drug-likeness (QED) is 0.507. The monoisotopic (exact) mass is 138 g/mol. The molecule has 2 unspecified atom stereocenters. The molecule has 2 saturated carbocycles. The van der Waals surface area contributed by atoms with Crippen molar-refractivity contribution < 1.29 is 5.11 Å². The van der Waals surface area contributed by atoms with E-state index in [-0.39, 0.29) is 5.60 Å². The van der Waals surface area contributed by atoms with Gasteiger partial charge in [-0.25, -0.2) is 0 Å². The molecule has 1 heteroatoms. The highest BCUT2D eigenvalue weighted by Gasteiger charge is 2.41. The Kier molecular flexibility index (Phi) is 1.19. The van der Waals surface area contributed by atoms with Crippen LogP contribution in [-0.2, 0) is 0 Å². The molecular weight excluding hydrogens is 124 g/mol. The topological polar surface area (TPSA) is 20.2 Å². The third kappa shape index (κ3) is 0.891. The van der Waals surface area contributed by atoms with E-state index in [1.54, 1.807) is 0 Å². The summed E-state index contributed by atoms with van der Waals surface area (Å²) in [4.78, 5) is 0. The normalized spacial score (nSPS) is 46.1. The van der Waals surface area contributed by atoms with Crippen LogP contribution < -0.4 is 0 Å². The highest BCUT2D eigenvalue weighted by atomic mass is 16.3. The molecule has 2 atom stereocenters.